The second-order valence-electron chi connectivity index (χ2n) is 5.06. The number of carboxylic acid groups (broad SMARTS) is 1. The van der Waals surface area contributed by atoms with Crippen LogP contribution < -0.4 is 0 Å². The molecule has 1 N–H and O–H groups in total. The summed E-state index contributed by atoms with van der Waals surface area (Å²) in [7, 11) is 0. The number of alkyl halides is 2. The lowest BCUT2D eigenvalue weighted by atomic mass is 10.0. The van der Waals surface area contributed by atoms with Gasteiger partial charge in [-0.3, -0.25) is 9.69 Å². The van der Waals surface area contributed by atoms with Crippen LogP contribution in [0.3, 0.4) is 0 Å². The summed E-state index contributed by atoms with van der Waals surface area (Å²) in [5, 5.41) is 9.21. The summed E-state index contributed by atoms with van der Waals surface area (Å²) in [6, 6.07) is 5.60. The molecular weight excluding hydrogens is 252 g/mol. The first kappa shape index (κ1) is 13.9. The molecule has 0 aliphatic carbocycles. The van der Waals surface area contributed by atoms with E-state index in [-0.39, 0.29) is 11.5 Å². The summed E-state index contributed by atoms with van der Waals surface area (Å²) in [6.07, 6.45) is -1.61. The Kier molecular flexibility index (Phi) is 4.14. The highest BCUT2D eigenvalue weighted by atomic mass is 19.3. The van der Waals surface area contributed by atoms with E-state index in [4.69, 9.17) is 0 Å². The van der Waals surface area contributed by atoms with Gasteiger partial charge < -0.3 is 5.11 Å². The second-order valence-corrected chi connectivity index (χ2v) is 5.06. The second kappa shape index (κ2) is 5.65. The molecule has 0 spiro atoms. The van der Waals surface area contributed by atoms with Gasteiger partial charge in [0.25, 0.3) is 6.43 Å². The molecule has 5 heteroatoms. The summed E-state index contributed by atoms with van der Waals surface area (Å²) < 4.78 is 24.9. The number of aliphatic carboxylic acids is 1. The molecule has 1 fully saturated rings. The molecule has 1 aliphatic heterocycles. The number of likely N-dealkylation sites (tertiary alicyclic amines) is 1. The molecule has 1 saturated heterocycles. The normalized spacial score (nSPS) is 24.0. The fraction of sp³-hybridized carbons (Fsp3) is 0.500. The van der Waals surface area contributed by atoms with E-state index in [9.17, 15) is 18.7 Å². The SMILES string of the molecule is CC1CCN(Cc2ccc(C(F)F)cc2)C1C(=O)O. The van der Waals surface area contributed by atoms with Crippen LogP contribution in [-0.2, 0) is 11.3 Å². The van der Waals surface area contributed by atoms with E-state index in [0.717, 1.165) is 18.5 Å². The molecule has 3 nitrogen and oxygen atoms in total. The van der Waals surface area contributed by atoms with Crippen LogP contribution in [0.15, 0.2) is 24.3 Å². The highest BCUT2D eigenvalue weighted by molar-refractivity contribution is 5.74. The quantitative estimate of drug-likeness (QED) is 0.913. The first-order valence-electron chi connectivity index (χ1n) is 6.33. The maximum Gasteiger partial charge on any atom is 0.321 e. The van der Waals surface area contributed by atoms with Crippen LogP contribution in [-0.4, -0.2) is 28.6 Å². The van der Waals surface area contributed by atoms with E-state index >= 15 is 0 Å². The smallest absolute Gasteiger partial charge is 0.321 e. The van der Waals surface area contributed by atoms with Crippen LogP contribution in [0.25, 0.3) is 0 Å². The Bertz CT molecular complexity index is 447. The molecule has 2 unspecified atom stereocenters. The van der Waals surface area contributed by atoms with Crippen molar-refractivity contribution in [3.05, 3.63) is 35.4 Å². The number of halogens is 2. The van der Waals surface area contributed by atoms with Crippen molar-refractivity contribution in [1.29, 1.82) is 0 Å². The molecule has 0 aromatic heterocycles. The van der Waals surface area contributed by atoms with Crippen LogP contribution in [0, 0.1) is 5.92 Å². The lowest BCUT2D eigenvalue weighted by Gasteiger charge is -2.23. The summed E-state index contributed by atoms with van der Waals surface area (Å²) >= 11 is 0. The molecule has 0 saturated carbocycles. The lowest BCUT2D eigenvalue weighted by Crippen LogP contribution is -2.38. The minimum absolute atomic E-state index is 0.00618. The summed E-state index contributed by atoms with van der Waals surface area (Å²) in [5.74, 6) is -0.688. The van der Waals surface area contributed by atoms with Crippen molar-refractivity contribution in [3.63, 3.8) is 0 Å². The Morgan fingerprint density at radius 3 is 2.58 bits per heavy atom. The molecule has 1 aromatic rings. The Labute approximate surface area is 110 Å². The maximum atomic E-state index is 12.4. The van der Waals surface area contributed by atoms with Crippen molar-refractivity contribution in [2.45, 2.75) is 32.4 Å². The fourth-order valence-electron chi connectivity index (χ4n) is 2.61. The predicted octanol–water partition coefficient (Wildman–Crippen LogP) is 2.92. The van der Waals surface area contributed by atoms with Gasteiger partial charge in [0, 0.05) is 12.1 Å². The van der Waals surface area contributed by atoms with Crippen molar-refractivity contribution < 1.29 is 18.7 Å². The van der Waals surface area contributed by atoms with Gasteiger partial charge in [0.15, 0.2) is 0 Å². The highest BCUT2D eigenvalue weighted by Gasteiger charge is 2.36. The molecule has 0 amide bonds. The zero-order valence-electron chi connectivity index (χ0n) is 10.7. The van der Waals surface area contributed by atoms with Gasteiger partial charge in [0.2, 0.25) is 0 Å². The number of hydrogen-bond acceptors (Lipinski definition) is 2. The Balaban J connectivity index is 2.06. The van der Waals surface area contributed by atoms with Crippen molar-refractivity contribution >= 4 is 5.97 Å². The average Bonchev–Trinajstić information content (AvgIpc) is 2.71. The molecular formula is C14H17F2NO2. The standard InChI is InChI=1S/C14H17F2NO2/c1-9-6-7-17(12(9)14(18)19)8-10-2-4-11(5-3-10)13(15)16/h2-5,9,12-13H,6-8H2,1H3,(H,18,19). The Morgan fingerprint density at radius 1 is 1.42 bits per heavy atom. The molecule has 1 heterocycles. The molecule has 2 atom stereocenters. The van der Waals surface area contributed by atoms with Crippen LogP contribution in [0.2, 0.25) is 0 Å². The van der Waals surface area contributed by atoms with Crippen LogP contribution >= 0.6 is 0 Å². The van der Waals surface area contributed by atoms with E-state index in [1.165, 1.54) is 12.1 Å². The number of carbonyl (C=O) groups is 1. The minimum Gasteiger partial charge on any atom is -0.480 e. The highest BCUT2D eigenvalue weighted by Crippen LogP contribution is 2.26. The van der Waals surface area contributed by atoms with E-state index < -0.39 is 18.4 Å². The number of hydrogen-bond donors (Lipinski definition) is 1. The van der Waals surface area contributed by atoms with Gasteiger partial charge in [-0.25, -0.2) is 8.78 Å². The monoisotopic (exact) mass is 269 g/mol. The van der Waals surface area contributed by atoms with Crippen LogP contribution in [0.5, 0.6) is 0 Å². The fourth-order valence-corrected chi connectivity index (χ4v) is 2.61. The van der Waals surface area contributed by atoms with Crippen molar-refractivity contribution in [2.75, 3.05) is 6.54 Å². The van der Waals surface area contributed by atoms with Crippen molar-refractivity contribution in [2.24, 2.45) is 5.92 Å². The van der Waals surface area contributed by atoms with E-state index in [1.807, 2.05) is 11.8 Å². The van der Waals surface area contributed by atoms with E-state index in [0.29, 0.717) is 6.54 Å². The van der Waals surface area contributed by atoms with Gasteiger partial charge in [0.05, 0.1) is 0 Å². The van der Waals surface area contributed by atoms with Gasteiger partial charge >= 0.3 is 5.97 Å². The van der Waals surface area contributed by atoms with Crippen molar-refractivity contribution in [3.8, 4) is 0 Å². The molecule has 0 radical (unpaired) electrons. The zero-order valence-corrected chi connectivity index (χ0v) is 10.7. The maximum absolute atomic E-state index is 12.4. The number of rotatable bonds is 4. The molecule has 104 valence electrons. The van der Waals surface area contributed by atoms with Gasteiger partial charge in [0.1, 0.15) is 6.04 Å². The van der Waals surface area contributed by atoms with Crippen molar-refractivity contribution in [1.82, 2.24) is 4.90 Å². The van der Waals surface area contributed by atoms with Gasteiger partial charge in [-0.1, -0.05) is 31.2 Å². The molecule has 1 aromatic carbocycles. The zero-order chi connectivity index (χ0) is 14.0. The number of nitrogens with zero attached hydrogens (tertiary/aromatic N) is 1. The van der Waals surface area contributed by atoms with Crippen LogP contribution in [0.4, 0.5) is 8.78 Å². The Hall–Kier alpha value is -1.49. The third-order valence-electron chi connectivity index (χ3n) is 3.67. The molecule has 1 aliphatic rings. The van der Waals surface area contributed by atoms with E-state index in [2.05, 4.69) is 0 Å². The summed E-state index contributed by atoms with van der Waals surface area (Å²) in [5.41, 5.74) is 0.859. The first-order chi connectivity index (χ1) is 8.99. The number of benzene rings is 1. The molecule has 2 rings (SSSR count). The summed E-state index contributed by atoms with van der Waals surface area (Å²) in [6.45, 7) is 3.15. The molecule has 0 bridgehead atoms. The molecule has 19 heavy (non-hydrogen) atoms. The third kappa shape index (κ3) is 3.10. The largest absolute Gasteiger partial charge is 0.480 e. The predicted molar refractivity (Wildman–Crippen MR) is 67.0 cm³/mol. The lowest BCUT2D eigenvalue weighted by molar-refractivity contribution is -0.143. The first-order valence-corrected chi connectivity index (χ1v) is 6.33. The Morgan fingerprint density at radius 2 is 2.05 bits per heavy atom. The number of carboxylic acids is 1. The van der Waals surface area contributed by atoms with Gasteiger partial charge in [-0.2, -0.15) is 0 Å². The minimum atomic E-state index is -2.47. The topological polar surface area (TPSA) is 40.5 Å². The van der Waals surface area contributed by atoms with Crippen LogP contribution in [0.1, 0.15) is 30.9 Å². The van der Waals surface area contributed by atoms with E-state index in [1.54, 1.807) is 12.1 Å². The average molecular weight is 269 g/mol. The third-order valence-corrected chi connectivity index (χ3v) is 3.67. The summed E-state index contributed by atoms with van der Waals surface area (Å²) in [4.78, 5) is 13.1. The van der Waals surface area contributed by atoms with Gasteiger partial charge in [-0.05, 0) is 24.4 Å². The van der Waals surface area contributed by atoms with Gasteiger partial charge in [-0.15, -0.1) is 0 Å².